The first-order valence-electron chi connectivity index (χ1n) is 12.0. The molecule has 0 spiro atoms. The molecule has 4 nitrogen and oxygen atoms in total. The molecule has 3 aliphatic rings. The third kappa shape index (κ3) is 3.77. The lowest BCUT2D eigenvalue weighted by atomic mass is 9.46. The minimum Gasteiger partial charge on any atom is -0.469 e. The summed E-state index contributed by atoms with van der Waals surface area (Å²) in [6.07, 6.45) is 12.0. The van der Waals surface area contributed by atoms with Crippen molar-refractivity contribution < 1.29 is 18.8 Å². The van der Waals surface area contributed by atoms with E-state index in [-0.39, 0.29) is 16.8 Å². The molecule has 4 rings (SSSR count). The molecule has 0 radical (unpaired) electrons. The van der Waals surface area contributed by atoms with E-state index in [1.807, 2.05) is 6.26 Å². The molecule has 3 fully saturated rings. The fourth-order valence-corrected chi connectivity index (χ4v) is 7.28. The van der Waals surface area contributed by atoms with Crippen LogP contribution in [0.25, 0.3) is 0 Å². The summed E-state index contributed by atoms with van der Waals surface area (Å²) in [5.41, 5.74) is 2.53. The number of quaternary nitrogens is 1. The molecule has 1 N–H and O–H groups in total. The highest BCUT2D eigenvalue weighted by Gasteiger charge is 2.57. The summed E-state index contributed by atoms with van der Waals surface area (Å²) in [4.78, 5) is 14.4. The molecule has 4 atom stereocenters. The highest BCUT2D eigenvalue weighted by molar-refractivity contribution is 5.77. The van der Waals surface area contributed by atoms with Gasteiger partial charge in [0.15, 0.2) is 5.76 Å². The lowest BCUT2D eigenvalue weighted by Crippen LogP contribution is -3.08. The Labute approximate surface area is 182 Å². The number of likely N-dealkylation sites (tertiary alicyclic amines) is 1. The molecule has 4 heteroatoms. The van der Waals surface area contributed by atoms with Gasteiger partial charge in [-0.3, -0.25) is 4.79 Å². The molecule has 1 aromatic heterocycles. The Balaban J connectivity index is 1.50. The average Bonchev–Trinajstić information content (AvgIpc) is 3.39. The van der Waals surface area contributed by atoms with Gasteiger partial charge in [0.25, 0.3) is 0 Å². The Morgan fingerprint density at radius 2 is 2.03 bits per heavy atom. The standard InChI is InChI=1S/C26H39NO3/c1-19-8-11-23-25(2,13-7-14-26(23,3)24(28)29-4)21(19)10-9-20-12-17-30-22(20)18-27-15-5-6-16-27/h12,17,21,23H,1,5-11,13-16,18H2,2-4H3/p+1/t21-,23-,25+,26-/m0/s1. The van der Waals surface area contributed by atoms with Crippen molar-refractivity contribution in [3.8, 4) is 0 Å². The molecule has 30 heavy (non-hydrogen) atoms. The Morgan fingerprint density at radius 3 is 2.77 bits per heavy atom. The minimum absolute atomic E-state index is 0.0182. The minimum atomic E-state index is -0.361. The molecule has 2 saturated carbocycles. The van der Waals surface area contributed by atoms with E-state index < -0.39 is 0 Å². The number of allylic oxidation sites excluding steroid dienone is 1. The second kappa shape index (κ2) is 8.53. The van der Waals surface area contributed by atoms with E-state index in [1.54, 1.807) is 12.0 Å². The van der Waals surface area contributed by atoms with E-state index in [4.69, 9.17) is 9.15 Å². The number of esters is 1. The molecule has 2 aliphatic carbocycles. The average molecular weight is 415 g/mol. The van der Waals surface area contributed by atoms with Gasteiger partial charge in [-0.2, -0.15) is 0 Å². The topological polar surface area (TPSA) is 43.9 Å². The van der Waals surface area contributed by atoms with E-state index in [0.29, 0.717) is 11.8 Å². The van der Waals surface area contributed by atoms with Crippen molar-refractivity contribution in [1.29, 1.82) is 0 Å². The van der Waals surface area contributed by atoms with Gasteiger partial charge in [0.1, 0.15) is 6.54 Å². The Hall–Kier alpha value is -1.55. The van der Waals surface area contributed by atoms with Crippen LogP contribution >= 0.6 is 0 Å². The predicted molar refractivity (Wildman–Crippen MR) is 118 cm³/mol. The summed E-state index contributed by atoms with van der Waals surface area (Å²) < 4.78 is 11.2. The van der Waals surface area contributed by atoms with Gasteiger partial charge < -0.3 is 14.1 Å². The molecular weight excluding hydrogens is 374 g/mol. The number of aryl methyl sites for hydroxylation is 1. The Kier molecular flexibility index (Phi) is 6.16. The third-order valence-electron chi connectivity index (χ3n) is 8.93. The maximum atomic E-state index is 12.8. The van der Waals surface area contributed by atoms with Crippen LogP contribution in [0.2, 0.25) is 0 Å². The number of hydrogen-bond donors (Lipinski definition) is 1. The zero-order valence-corrected chi connectivity index (χ0v) is 19.2. The number of hydrogen-bond acceptors (Lipinski definition) is 3. The van der Waals surface area contributed by atoms with Gasteiger partial charge in [-0.1, -0.05) is 25.5 Å². The Morgan fingerprint density at radius 1 is 1.27 bits per heavy atom. The molecule has 1 aliphatic heterocycles. The van der Waals surface area contributed by atoms with Gasteiger partial charge >= 0.3 is 5.97 Å². The number of carbonyl (C=O) groups is 1. The number of ether oxygens (including phenoxy) is 1. The van der Waals surface area contributed by atoms with Crippen LogP contribution in [0, 0.1) is 22.7 Å². The van der Waals surface area contributed by atoms with Crippen molar-refractivity contribution in [3.63, 3.8) is 0 Å². The van der Waals surface area contributed by atoms with E-state index >= 15 is 0 Å². The molecule has 0 bridgehead atoms. The summed E-state index contributed by atoms with van der Waals surface area (Å²) in [5.74, 6) is 2.00. The zero-order chi connectivity index (χ0) is 21.4. The van der Waals surface area contributed by atoms with Crippen LogP contribution in [0.15, 0.2) is 28.9 Å². The first kappa shape index (κ1) is 21.7. The van der Waals surface area contributed by atoms with Crippen LogP contribution in [0.4, 0.5) is 0 Å². The summed E-state index contributed by atoms with van der Waals surface area (Å²) >= 11 is 0. The summed E-state index contributed by atoms with van der Waals surface area (Å²) in [5, 5.41) is 0. The van der Waals surface area contributed by atoms with E-state index in [1.165, 1.54) is 49.2 Å². The second-order valence-corrected chi connectivity index (χ2v) is 10.6. The maximum absolute atomic E-state index is 12.8. The zero-order valence-electron chi connectivity index (χ0n) is 19.2. The maximum Gasteiger partial charge on any atom is 0.311 e. The first-order valence-corrected chi connectivity index (χ1v) is 12.0. The monoisotopic (exact) mass is 414 g/mol. The van der Waals surface area contributed by atoms with Crippen molar-refractivity contribution in [2.24, 2.45) is 22.7 Å². The number of fused-ring (bicyclic) bond motifs is 1. The summed E-state index contributed by atoms with van der Waals surface area (Å²) in [6.45, 7) is 12.6. The SMILES string of the molecule is C=C1CC[C@H]2[C@](C)(CCC[C@]2(C)C(=O)OC)[C@H]1CCc1ccoc1C[NH+]1CCCC1. The van der Waals surface area contributed by atoms with Gasteiger partial charge in [-0.05, 0) is 74.3 Å². The Bertz CT molecular complexity index is 777. The van der Waals surface area contributed by atoms with Gasteiger partial charge in [0.05, 0.1) is 31.9 Å². The fourth-order valence-electron chi connectivity index (χ4n) is 7.28. The van der Waals surface area contributed by atoms with E-state index in [0.717, 1.165) is 45.1 Å². The molecular formula is C26H40NO3+. The van der Waals surface area contributed by atoms with Crippen molar-refractivity contribution in [1.82, 2.24) is 0 Å². The molecule has 0 unspecified atom stereocenters. The van der Waals surface area contributed by atoms with Crippen LogP contribution < -0.4 is 4.90 Å². The van der Waals surface area contributed by atoms with Gasteiger partial charge in [-0.15, -0.1) is 0 Å². The summed E-state index contributed by atoms with van der Waals surface area (Å²) in [6, 6.07) is 2.18. The fraction of sp³-hybridized carbons (Fsp3) is 0.731. The van der Waals surface area contributed by atoms with E-state index in [2.05, 4.69) is 26.5 Å². The third-order valence-corrected chi connectivity index (χ3v) is 8.93. The first-order chi connectivity index (χ1) is 14.4. The molecule has 2 heterocycles. The van der Waals surface area contributed by atoms with Crippen molar-refractivity contribution in [2.45, 2.75) is 78.2 Å². The number of furan rings is 1. The molecule has 0 aromatic carbocycles. The van der Waals surface area contributed by atoms with Crippen molar-refractivity contribution in [3.05, 3.63) is 35.8 Å². The molecule has 1 saturated heterocycles. The summed E-state index contributed by atoms with van der Waals surface area (Å²) in [7, 11) is 1.54. The molecule has 0 amide bonds. The van der Waals surface area contributed by atoms with E-state index in [9.17, 15) is 4.79 Å². The van der Waals surface area contributed by atoms with Crippen LogP contribution in [0.3, 0.4) is 0 Å². The lowest BCUT2D eigenvalue weighted by molar-refractivity contribution is -0.902. The van der Waals surface area contributed by atoms with Crippen LogP contribution in [-0.4, -0.2) is 26.2 Å². The van der Waals surface area contributed by atoms with Crippen LogP contribution in [0.1, 0.15) is 76.5 Å². The number of rotatable bonds is 6. The quantitative estimate of drug-likeness (QED) is 0.556. The number of carbonyl (C=O) groups excluding carboxylic acids is 1. The predicted octanol–water partition coefficient (Wildman–Crippen LogP) is 4.34. The smallest absolute Gasteiger partial charge is 0.311 e. The van der Waals surface area contributed by atoms with Crippen molar-refractivity contribution in [2.75, 3.05) is 20.2 Å². The van der Waals surface area contributed by atoms with Crippen LogP contribution in [-0.2, 0) is 22.5 Å². The highest BCUT2D eigenvalue weighted by atomic mass is 16.5. The number of methoxy groups -OCH3 is 1. The molecule has 1 aromatic rings. The van der Waals surface area contributed by atoms with Gasteiger partial charge in [0, 0.05) is 12.8 Å². The van der Waals surface area contributed by atoms with Crippen molar-refractivity contribution >= 4 is 5.97 Å². The number of nitrogens with one attached hydrogen (secondary N) is 1. The largest absolute Gasteiger partial charge is 0.469 e. The van der Waals surface area contributed by atoms with Crippen LogP contribution in [0.5, 0.6) is 0 Å². The van der Waals surface area contributed by atoms with Gasteiger partial charge in [-0.25, -0.2) is 0 Å². The second-order valence-electron chi connectivity index (χ2n) is 10.6. The normalized spacial score (nSPS) is 34.7. The molecule has 166 valence electrons. The van der Waals surface area contributed by atoms with Gasteiger partial charge in [0.2, 0.25) is 0 Å². The highest BCUT2D eigenvalue weighted by Crippen LogP contribution is 2.62. The lowest BCUT2D eigenvalue weighted by Gasteiger charge is -2.57.